The molecule has 3 heteroatoms. The van der Waals surface area contributed by atoms with E-state index in [4.69, 9.17) is 5.73 Å². The zero-order valence-electron chi connectivity index (χ0n) is 11.8. The van der Waals surface area contributed by atoms with Crippen molar-refractivity contribution in [3.05, 3.63) is 69.2 Å². The first-order chi connectivity index (χ1) is 9.54. The predicted octanol–water partition coefficient (Wildman–Crippen LogP) is 3.84. The van der Waals surface area contributed by atoms with E-state index in [2.05, 4.69) is 22.0 Å². The van der Waals surface area contributed by atoms with E-state index >= 15 is 0 Å². The molecule has 2 aromatic rings. The van der Waals surface area contributed by atoms with Crippen molar-refractivity contribution in [3.63, 3.8) is 0 Å². The van der Waals surface area contributed by atoms with Crippen LogP contribution in [0.3, 0.4) is 0 Å². The normalized spacial score (nSPS) is 14.1. The molecule has 2 unspecified atom stereocenters. The number of aliphatic hydroxyl groups excluding tert-OH is 1. The molecule has 0 aliphatic rings. The van der Waals surface area contributed by atoms with Crippen LogP contribution in [0.4, 0.5) is 0 Å². The van der Waals surface area contributed by atoms with Crippen LogP contribution in [0.5, 0.6) is 0 Å². The molecule has 2 nitrogen and oxygen atoms in total. The Balaban J connectivity index is 2.39. The summed E-state index contributed by atoms with van der Waals surface area (Å²) in [7, 11) is 0. The molecule has 0 saturated carbocycles. The van der Waals surface area contributed by atoms with E-state index in [0.717, 1.165) is 21.2 Å². The molecule has 0 fully saturated rings. The number of hydrogen-bond donors (Lipinski definition) is 2. The van der Waals surface area contributed by atoms with Crippen molar-refractivity contribution in [3.8, 4) is 0 Å². The second kappa shape index (κ2) is 6.53. The fourth-order valence-electron chi connectivity index (χ4n) is 2.46. The lowest BCUT2D eigenvalue weighted by Crippen LogP contribution is -2.20. The first-order valence-electron chi connectivity index (χ1n) is 6.74. The summed E-state index contributed by atoms with van der Waals surface area (Å²) in [6.45, 7) is 4.47. The van der Waals surface area contributed by atoms with Crippen molar-refractivity contribution in [2.45, 2.75) is 25.9 Å². The largest absolute Gasteiger partial charge is 0.388 e. The van der Waals surface area contributed by atoms with Gasteiger partial charge in [-0.05, 0) is 30.5 Å². The van der Waals surface area contributed by atoms with Crippen molar-refractivity contribution in [1.82, 2.24) is 0 Å². The van der Waals surface area contributed by atoms with Gasteiger partial charge in [0.2, 0.25) is 0 Å². The van der Waals surface area contributed by atoms with Crippen LogP contribution in [0, 0.1) is 13.8 Å². The van der Waals surface area contributed by atoms with Crippen LogP contribution in [0.1, 0.15) is 34.3 Å². The van der Waals surface area contributed by atoms with Crippen molar-refractivity contribution in [2.24, 2.45) is 5.73 Å². The first-order valence-corrected chi connectivity index (χ1v) is 7.53. The highest BCUT2D eigenvalue weighted by molar-refractivity contribution is 9.10. The number of hydrogen-bond acceptors (Lipinski definition) is 2. The second-order valence-electron chi connectivity index (χ2n) is 5.18. The van der Waals surface area contributed by atoms with Gasteiger partial charge >= 0.3 is 0 Å². The van der Waals surface area contributed by atoms with Gasteiger partial charge in [-0.25, -0.2) is 0 Å². The van der Waals surface area contributed by atoms with Gasteiger partial charge in [-0.3, -0.25) is 0 Å². The Morgan fingerprint density at radius 3 is 2.50 bits per heavy atom. The minimum atomic E-state index is -0.615. The molecule has 20 heavy (non-hydrogen) atoms. The topological polar surface area (TPSA) is 46.2 Å². The molecule has 0 aliphatic heterocycles. The third-order valence-corrected chi connectivity index (χ3v) is 4.73. The molecular weight excluding hydrogens is 314 g/mol. The van der Waals surface area contributed by atoms with Crippen LogP contribution >= 0.6 is 15.9 Å². The smallest absolute Gasteiger partial charge is 0.0881 e. The summed E-state index contributed by atoms with van der Waals surface area (Å²) >= 11 is 3.56. The van der Waals surface area contributed by atoms with E-state index in [-0.39, 0.29) is 5.92 Å². The summed E-state index contributed by atoms with van der Waals surface area (Å²) in [6, 6.07) is 14.1. The van der Waals surface area contributed by atoms with Crippen molar-refractivity contribution >= 4 is 15.9 Å². The molecule has 0 spiro atoms. The van der Waals surface area contributed by atoms with Gasteiger partial charge in [0, 0.05) is 16.9 Å². The fraction of sp³-hybridized carbons (Fsp3) is 0.294. The molecule has 0 bridgehead atoms. The van der Waals surface area contributed by atoms with Crippen LogP contribution in [-0.2, 0) is 0 Å². The Kier molecular flexibility index (Phi) is 4.97. The third kappa shape index (κ3) is 3.11. The maximum Gasteiger partial charge on any atom is 0.0881 e. The van der Waals surface area contributed by atoms with Gasteiger partial charge in [0.25, 0.3) is 0 Å². The molecule has 0 aromatic heterocycles. The highest BCUT2D eigenvalue weighted by Gasteiger charge is 2.23. The molecule has 2 rings (SSSR count). The average molecular weight is 334 g/mol. The van der Waals surface area contributed by atoms with Crippen LogP contribution in [-0.4, -0.2) is 11.7 Å². The van der Waals surface area contributed by atoms with Crippen LogP contribution in [0.15, 0.2) is 46.9 Å². The summed E-state index contributed by atoms with van der Waals surface area (Å²) < 4.78 is 0.957. The van der Waals surface area contributed by atoms with Crippen molar-refractivity contribution in [2.75, 3.05) is 6.54 Å². The lowest BCUT2D eigenvalue weighted by molar-refractivity contribution is 0.146. The fourth-order valence-corrected chi connectivity index (χ4v) is 2.96. The minimum absolute atomic E-state index is 0.104. The van der Waals surface area contributed by atoms with E-state index in [0.29, 0.717) is 6.54 Å². The first kappa shape index (κ1) is 15.2. The highest BCUT2D eigenvalue weighted by atomic mass is 79.9. The lowest BCUT2D eigenvalue weighted by Gasteiger charge is -2.24. The second-order valence-corrected chi connectivity index (χ2v) is 5.97. The summed E-state index contributed by atoms with van der Waals surface area (Å²) in [4.78, 5) is 0. The quantitative estimate of drug-likeness (QED) is 0.892. The van der Waals surface area contributed by atoms with Gasteiger partial charge in [0.15, 0.2) is 0 Å². The third-order valence-electron chi connectivity index (χ3n) is 3.65. The molecule has 2 aromatic carbocycles. The Morgan fingerprint density at radius 2 is 1.85 bits per heavy atom. The molecule has 0 radical (unpaired) electrons. The number of rotatable bonds is 4. The Labute approximate surface area is 128 Å². The maximum atomic E-state index is 10.7. The number of aryl methyl sites for hydroxylation is 2. The summed E-state index contributed by atoms with van der Waals surface area (Å²) in [5.41, 5.74) is 10.2. The number of nitrogens with two attached hydrogens (primary N) is 1. The van der Waals surface area contributed by atoms with Gasteiger partial charge in [0.1, 0.15) is 0 Å². The Bertz CT molecular complexity index is 597. The number of halogens is 1. The van der Waals surface area contributed by atoms with E-state index in [9.17, 15) is 5.11 Å². The van der Waals surface area contributed by atoms with E-state index < -0.39 is 6.10 Å². The van der Waals surface area contributed by atoms with Crippen molar-refractivity contribution < 1.29 is 5.11 Å². The van der Waals surface area contributed by atoms with Gasteiger partial charge in [0.05, 0.1) is 6.10 Å². The Morgan fingerprint density at radius 1 is 1.15 bits per heavy atom. The van der Waals surface area contributed by atoms with Crippen LogP contribution < -0.4 is 5.73 Å². The molecule has 106 valence electrons. The monoisotopic (exact) mass is 333 g/mol. The molecular formula is C17H20BrNO. The van der Waals surface area contributed by atoms with Crippen LogP contribution in [0.25, 0.3) is 0 Å². The van der Waals surface area contributed by atoms with E-state index in [1.807, 2.05) is 50.2 Å². The molecule has 0 amide bonds. The van der Waals surface area contributed by atoms with Gasteiger partial charge in [-0.2, -0.15) is 0 Å². The molecule has 3 N–H and O–H groups in total. The number of benzene rings is 2. The van der Waals surface area contributed by atoms with Gasteiger partial charge in [-0.1, -0.05) is 64.0 Å². The van der Waals surface area contributed by atoms with Gasteiger partial charge < -0.3 is 10.8 Å². The van der Waals surface area contributed by atoms with Crippen molar-refractivity contribution in [1.29, 1.82) is 0 Å². The minimum Gasteiger partial charge on any atom is -0.388 e. The molecule has 2 atom stereocenters. The molecule has 0 aliphatic carbocycles. The maximum absolute atomic E-state index is 10.7. The molecule has 0 heterocycles. The summed E-state index contributed by atoms with van der Waals surface area (Å²) in [5.74, 6) is -0.104. The Hall–Kier alpha value is -1.16. The number of aliphatic hydroxyl groups is 1. The standard InChI is InChI=1S/C17H20BrNO/c1-11-5-3-7-13(9-11)15(10-19)17(20)14-8-4-6-12(2)16(14)18/h3-9,15,17,20H,10,19H2,1-2H3. The van der Waals surface area contributed by atoms with Crippen LogP contribution in [0.2, 0.25) is 0 Å². The van der Waals surface area contributed by atoms with E-state index in [1.54, 1.807) is 0 Å². The van der Waals surface area contributed by atoms with Gasteiger partial charge in [-0.15, -0.1) is 0 Å². The van der Waals surface area contributed by atoms with E-state index in [1.165, 1.54) is 5.56 Å². The lowest BCUT2D eigenvalue weighted by atomic mass is 9.88. The summed E-state index contributed by atoms with van der Waals surface area (Å²) in [6.07, 6.45) is -0.615. The predicted molar refractivity (Wildman–Crippen MR) is 86.8 cm³/mol. The SMILES string of the molecule is Cc1cccc(C(CN)C(O)c2cccc(C)c2Br)c1. The summed E-state index contributed by atoms with van der Waals surface area (Å²) in [5, 5.41) is 10.7. The average Bonchev–Trinajstić information content (AvgIpc) is 2.42. The highest BCUT2D eigenvalue weighted by Crippen LogP contribution is 2.35. The zero-order chi connectivity index (χ0) is 14.7. The zero-order valence-corrected chi connectivity index (χ0v) is 13.4. The molecule has 0 saturated heterocycles.